The van der Waals surface area contributed by atoms with Gasteiger partial charge in [0.2, 0.25) is 0 Å². The SMILES string of the molecule is [Pt+2].[c-]1c(-c2ccccn2)ccc2c1B1c3[c-]c(-n4cccn4)ccc3-c3ccccc3N1c1ccccc1-2. The Kier molecular flexibility index (Phi) is 5.42. The molecule has 0 unspecified atom stereocenters. The predicted octanol–water partition coefficient (Wildman–Crippen LogP) is 5.44. The van der Waals surface area contributed by atoms with Gasteiger partial charge in [0, 0.05) is 30.0 Å². The smallest absolute Gasteiger partial charge is 0.381 e. The van der Waals surface area contributed by atoms with Crippen LogP contribution in [-0.2, 0) is 21.1 Å². The molecule has 0 amide bonds. The van der Waals surface area contributed by atoms with Gasteiger partial charge >= 0.3 is 21.1 Å². The first kappa shape index (κ1) is 22.9. The van der Waals surface area contributed by atoms with Crippen molar-refractivity contribution in [1.29, 1.82) is 0 Å². The topological polar surface area (TPSA) is 34.0 Å². The van der Waals surface area contributed by atoms with Crippen LogP contribution in [0.4, 0.5) is 11.4 Å². The third-order valence-corrected chi connectivity index (χ3v) is 7.34. The summed E-state index contributed by atoms with van der Waals surface area (Å²) in [4.78, 5) is 7.07. The number of rotatable bonds is 2. The van der Waals surface area contributed by atoms with Gasteiger partial charge in [-0.2, -0.15) is 22.7 Å². The molecule has 4 nitrogen and oxygen atoms in total. The Morgan fingerprint density at radius 2 is 1.29 bits per heavy atom. The van der Waals surface area contributed by atoms with E-state index < -0.39 is 0 Å². The van der Waals surface area contributed by atoms with Gasteiger partial charge in [0.15, 0.2) is 0 Å². The van der Waals surface area contributed by atoms with E-state index in [0.717, 1.165) is 27.9 Å². The van der Waals surface area contributed by atoms with E-state index in [1.165, 1.54) is 33.6 Å². The molecule has 180 valence electrons. The number of fused-ring (bicyclic) bond motifs is 11. The molecule has 8 rings (SSSR count). The molecule has 0 spiro atoms. The van der Waals surface area contributed by atoms with Crippen molar-refractivity contribution in [1.82, 2.24) is 14.8 Å². The van der Waals surface area contributed by atoms with Crippen LogP contribution < -0.4 is 15.7 Å². The van der Waals surface area contributed by atoms with Crippen LogP contribution in [0.25, 0.3) is 39.2 Å². The summed E-state index contributed by atoms with van der Waals surface area (Å²) in [6.45, 7) is -0.0889. The number of benzene rings is 4. The molecule has 4 heterocycles. The summed E-state index contributed by atoms with van der Waals surface area (Å²) >= 11 is 0. The van der Waals surface area contributed by atoms with E-state index in [-0.39, 0.29) is 27.9 Å². The summed E-state index contributed by atoms with van der Waals surface area (Å²) < 4.78 is 1.87. The molecule has 0 saturated heterocycles. The Labute approximate surface area is 236 Å². The van der Waals surface area contributed by atoms with Gasteiger partial charge in [-0.25, -0.2) is 0 Å². The van der Waals surface area contributed by atoms with Gasteiger partial charge in [0.1, 0.15) is 0 Å². The van der Waals surface area contributed by atoms with Gasteiger partial charge in [-0.1, -0.05) is 54.1 Å². The Morgan fingerprint density at radius 1 is 0.605 bits per heavy atom. The molecule has 2 aliphatic heterocycles. The molecule has 0 radical (unpaired) electrons. The molecule has 0 N–H and O–H groups in total. The van der Waals surface area contributed by atoms with Crippen molar-refractivity contribution in [3.8, 4) is 39.2 Å². The minimum Gasteiger partial charge on any atom is -0.381 e. The number of anilines is 2. The summed E-state index contributed by atoms with van der Waals surface area (Å²) in [5.41, 5.74) is 12.3. The molecular formula is C32H19BN4Pt. The number of para-hydroxylation sites is 2. The number of pyridine rings is 1. The monoisotopic (exact) mass is 665 g/mol. The molecule has 6 heteroatoms. The largest absolute Gasteiger partial charge is 2.00 e. The normalized spacial score (nSPS) is 12.4. The van der Waals surface area contributed by atoms with E-state index in [1.54, 1.807) is 6.20 Å². The zero-order valence-corrected chi connectivity index (χ0v) is 22.4. The van der Waals surface area contributed by atoms with Crippen LogP contribution in [0.1, 0.15) is 0 Å². The molecule has 38 heavy (non-hydrogen) atoms. The average Bonchev–Trinajstić information content (AvgIpc) is 3.52. The molecule has 4 aromatic carbocycles. The molecule has 0 bridgehead atoms. The number of hydrogen-bond acceptors (Lipinski definition) is 3. The van der Waals surface area contributed by atoms with Gasteiger partial charge in [-0.3, -0.25) is 4.68 Å². The molecule has 6 aromatic rings. The molecule has 0 aliphatic carbocycles. The first-order chi connectivity index (χ1) is 18.4. The van der Waals surface area contributed by atoms with Crippen molar-refractivity contribution in [2.24, 2.45) is 0 Å². The van der Waals surface area contributed by atoms with Crippen LogP contribution in [0.5, 0.6) is 0 Å². The quantitative estimate of drug-likeness (QED) is 0.183. The first-order valence-corrected chi connectivity index (χ1v) is 12.4. The van der Waals surface area contributed by atoms with Crippen LogP contribution in [0.2, 0.25) is 0 Å². The summed E-state index contributed by atoms with van der Waals surface area (Å²) in [5, 5.41) is 4.47. The van der Waals surface area contributed by atoms with Gasteiger partial charge < -0.3 is 9.79 Å². The van der Waals surface area contributed by atoms with E-state index >= 15 is 0 Å². The maximum atomic E-state index is 4.61. The third kappa shape index (κ3) is 3.35. The average molecular weight is 665 g/mol. The zero-order chi connectivity index (χ0) is 24.3. The minimum absolute atomic E-state index is 0. The second-order valence-corrected chi connectivity index (χ2v) is 9.34. The zero-order valence-electron chi connectivity index (χ0n) is 20.2. The Morgan fingerprint density at radius 3 is 1.97 bits per heavy atom. The van der Waals surface area contributed by atoms with Crippen LogP contribution in [0.15, 0.2) is 116 Å². The number of nitrogens with zero attached hydrogens (tertiary/aromatic N) is 4. The molecule has 0 fully saturated rings. The Bertz CT molecular complexity index is 1800. The van der Waals surface area contributed by atoms with E-state index in [2.05, 4.69) is 99.8 Å². The van der Waals surface area contributed by atoms with Crippen molar-refractivity contribution in [2.45, 2.75) is 0 Å². The van der Waals surface area contributed by atoms with E-state index in [9.17, 15) is 0 Å². The number of aromatic nitrogens is 3. The molecule has 2 aromatic heterocycles. The van der Waals surface area contributed by atoms with Crippen LogP contribution in [-0.4, -0.2) is 21.6 Å². The fourth-order valence-corrected chi connectivity index (χ4v) is 5.76. The summed E-state index contributed by atoms with van der Waals surface area (Å²) in [6.07, 6.45) is 5.59. The maximum Gasteiger partial charge on any atom is 2.00 e. The Balaban J connectivity index is 0.00000242. The predicted molar refractivity (Wildman–Crippen MR) is 149 cm³/mol. The molecular weight excluding hydrogens is 646 g/mol. The van der Waals surface area contributed by atoms with Crippen molar-refractivity contribution < 1.29 is 21.1 Å². The van der Waals surface area contributed by atoms with E-state index in [0.29, 0.717) is 0 Å². The Hall–Kier alpha value is -4.21. The standard InChI is InChI=1S/C32H19BN4.Pt/c1-3-11-31-26(8-1)24-15-13-22(30-10-5-6-17-34-30)20-28(24)33-29-21-23(36-19-7-18-35-36)14-16-25(29)27-9-2-4-12-32(27)37(31)33;/h1-19H;/q-2;+2. The van der Waals surface area contributed by atoms with Crippen molar-refractivity contribution in [3.63, 3.8) is 0 Å². The van der Waals surface area contributed by atoms with Crippen LogP contribution in [0, 0.1) is 12.1 Å². The molecule has 0 atom stereocenters. The maximum absolute atomic E-state index is 4.61. The van der Waals surface area contributed by atoms with Gasteiger partial charge in [-0.05, 0) is 41.2 Å². The first-order valence-electron chi connectivity index (χ1n) is 12.4. The van der Waals surface area contributed by atoms with Gasteiger partial charge in [-0.15, -0.1) is 46.4 Å². The minimum atomic E-state index is -0.0889. The van der Waals surface area contributed by atoms with Crippen LogP contribution >= 0.6 is 0 Å². The number of hydrogen-bond donors (Lipinski definition) is 0. The summed E-state index contributed by atoms with van der Waals surface area (Å²) in [6, 6.07) is 41.5. The van der Waals surface area contributed by atoms with Gasteiger partial charge in [0.25, 0.3) is 6.85 Å². The van der Waals surface area contributed by atoms with Gasteiger partial charge in [0.05, 0.1) is 0 Å². The van der Waals surface area contributed by atoms with Crippen LogP contribution in [0.3, 0.4) is 0 Å². The summed E-state index contributed by atoms with van der Waals surface area (Å²) in [7, 11) is 0. The van der Waals surface area contributed by atoms with Crippen molar-refractivity contribution >= 4 is 29.1 Å². The second kappa shape index (κ2) is 8.97. The van der Waals surface area contributed by atoms with Crippen molar-refractivity contribution in [2.75, 3.05) is 4.81 Å². The fourth-order valence-electron chi connectivity index (χ4n) is 5.76. The molecule has 2 aliphatic rings. The van der Waals surface area contributed by atoms with E-state index in [1.807, 2.05) is 41.3 Å². The third-order valence-electron chi connectivity index (χ3n) is 7.34. The van der Waals surface area contributed by atoms with E-state index in [4.69, 9.17) is 0 Å². The van der Waals surface area contributed by atoms with Crippen molar-refractivity contribution in [3.05, 3.63) is 128 Å². The molecule has 0 saturated carbocycles. The summed E-state index contributed by atoms with van der Waals surface area (Å²) in [5.74, 6) is 0. The second-order valence-electron chi connectivity index (χ2n) is 9.34. The fraction of sp³-hybridized carbons (Fsp3) is 0.